The Morgan fingerprint density at radius 3 is 2.44 bits per heavy atom. The molecule has 0 aliphatic rings. The van der Waals surface area contributed by atoms with Crippen LogP contribution in [0.2, 0.25) is 0 Å². The van der Waals surface area contributed by atoms with Gasteiger partial charge >= 0.3 is 12.1 Å². The quantitative estimate of drug-likeness (QED) is 0.740. The minimum Gasteiger partial charge on any atom is -0.423 e. The van der Waals surface area contributed by atoms with Crippen LogP contribution in [0, 0.1) is 0 Å². The molecular formula is C9H11F3N2O2. The number of carbonyl (C=O) groups is 1. The standard InChI is InChI=1S/C9H11F3N2O2/c1-5(2)14-8(9(10,11)12)7(4-13-14)16-6(3)15/h4-5H,1-3H3. The van der Waals surface area contributed by atoms with Gasteiger partial charge in [-0.2, -0.15) is 18.3 Å². The highest BCUT2D eigenvalue weighted by atomic mass is 19.4. The van der Waals surface area contributed by atoms with Gasteiger partial charge < -0.3 is 4.74 Å². The van der Waals surface area contributed by atoms with Crippen molar-refractivity contribution in [3.05, 3.63) is 11.9 Å². The van der Waals surface area contributed by atoms with Crippen LogP contribution in [-0.4, -0.2) is 15.7 Å². The lowest BCUT2D eigenvalue weighted by molar-refractivity contribution is -0.147. The second kappa shape index (κ2) is 4.15. The molecule has 0 aliphatic heterocycles. The summed E-state index contributed by atoms with van der Waals surface area (Å²) in [4.78, 5) is 10.6. The Kier molecular flexibility index (Phi) is 3.25. The summed E-state index contributed by atoms with van der Waals surface area (Å²) >= 11 is 0. The molecule has 0 saturated heterocycles. The number of aromatic nitrogens is 2. The number of nitrogens with zero attached hydrogens (tertiary/aromatic N) is 2. The second-order valence-electron chi connectivity index (χ2n) is 3.49. The number of rotatable bonds is 2. The monoisotopic (exact) mass is 236 g/mol. The number of esters is 1. The molecule has 0 fully saturated rings. The smallest absolute Gasteiger partial charge is 0.423 e. The summed E-state index contributed by atoms with van der Waals surface area (Å²) in [6.45, 7) is 4.15. The third-order valence-electron chi connectivity index (χ3n) is 1.77. The lowest BCUT2D eigenvalue weighted by Gasteiger charge is -2.14. The summed E-state index contributed by atoms with van der Waals surface area (Å²) in [5.41, 5.74) is -1.04. The Hall–Kier alpha value is -1.53. The van der Waals surface area contributed by atoms with Gasteiger partial charge in [-0.25, -0.2) is 0 Å². The Labute approximate surface area is 90.0 Å². The molecule has 0 aromatic carbocycles. The third kappa shape index (κ3) is 2.53. The lowest BCUT2D eigenvalue weighted by atomic mass is 10.3. The van der Waals surface area contributed by atoms with Gasteiger partial charge in [0.05, 0.1) is 6.20 Å². The Bertz CT molecular complexity index is 396. The zero-order chi connectivity index (χ0) is 12.5. The van der Waals surface area contributed by atoms with Crippen LogP contribution in [0.3, 0.4) is 0 Å². The topological polar surface area (TPSA) is 44.1 Å². The number of hydrogen-bond donors (Lipinski definition) is 0. The van der Waals surface area contributed by atoms with Crippen LogP contribution in [0.4, 0.5) is 13.2 Å². The molecule has 0 amide bonds. The molecule has 1 rings (SSSR count). The van der Waals surface area contributed by atoms with E-state index in [1.807, 2.05) is 0 Å². The molecule has 0 unspecified atom stereocenters. The molecule has 0 N–H and O–H groups in total. The average Bonchev–Trinajstić information content (AvgIpc) is 2.45. The van der Waals surface area contributed by atoms with Crippen molar-refractivity contribution in [1.82, 2.24) is 9.78 Å². The normalized spacial score (nSPS) is 11.9. The van der Waals surface area contributed by atoms with Gasteiger partial charge in [0.2, 0.25) is 0 Å². The number of alkyl halides is 3. The first-order chi connectivity index (χ1) is 7.23. The van der Waals surface area contributed by atoms with Crippen molar-refractivity contribution < 1.29 is 22.7 Å². The van der Waals surface area contributed by atoms with Gasteiger partial charge in [0.25, 0.3) is 0 Å². The molecule has 90 valence electrons. The highest BCUT2D eigenvalue weighted by Crippen LogP contribution is 2.37. The molecule has 0 saturated carbocycles. The van der Waals surface area contributed by atoms with Gasteiger partial charge in [0.15, 0.2) is 11.4 Å². The first kappa shape index (κ1) is 12.5. The van der Waals surface area contributed by atoms with E-state index >= 15 is 0 Å². The van der Waals surface area contributed by atoms with Crippen molar-refractivity contribution in [3.63, 3.8) is 0 Å². The number of hydrogen-bond acceptors (Lipinski definition) is 3. The fourth-order valence-corrected chi connectivity index (χ4v) is 1.24. The molecule has 1 aromatic rings. The van der Waals surface area contributed by atoms with E-state index in [2.05, 4.69) is 9.84 Å². The molecular weight excluding hydrogens is 225 g/mol. The molecule has 16 heavy (non-hydrogen) atoms. The van der Waals surface area contributed by atoms with E-state index in [-0.39, 0.29) is 0 Å². The van der Waals surface area contributed by atoms with Crippen LogP contribution in [0.25, 0.3) is 0 Å². The Balaban J connectivity index is 3.25. The molecule has 1 aromatic heterocycles. The Morgan fingerprint density at radius 1 is 1.50 bits per heavy atom. The van der Waals surface area contributed by atoms with Crippen LogP contribution >= 0.6 is 0 Å². The zero-order valence-corrected chi connectivity index (χ0v) is 9.00. The maximum absolute atomic E-state index is 12.7. The fourth-order valence-electron chi connectivity index (χ4n) is 1.24. The lowest BCUT2D eigenvalue weighted by Crippen LogP contribution is -2.18. The second-order valence-corrected chi connectivity index (χ2v) is 3.49. The van der Waals surface area contributed by atoms with Gasteiger partial charge in [-0.3, -0.25) is 9.48 Å². The zero-order valence-electron chi connectivity index (χ0n) is 9.00. The summed E-state index contributed by atoms with van der Waals surface area (Å²) in [6, 6.07) is -0.471. The summed E-state index contributed by atoms with van der Waals surface area (Å²) in [5.74, 6) is -1.37. The molecule has 7 heteroatoms. The summed E-state index contributed by atoms with van der Waals surface area (Å²) in [7, 11) is 0. The van der Waals surface area contributed by atoms with E-state index < -0.39 is 29.6 Å². The highest BCUT2D eigenvalue weighted by molar-refractivity contribution is 5.69. The van der Waals surface area contributed by atoms with Crippen LogP contribution < -0.4 is 4.74 Å². The van der Waals surface area contributed by atoms with Crippen molar-refractivity contribution in [2.75, 3.05) is 0 Å². The minimum absolute atomic E-state index is 0.471. The molecule has 0 radical (unpaired) electrons. The van der Waals surface area contributed by atoms with Gasteiger partial charge in [0, 0.05) is 13.0 Å². The molecule has 0 bridgehead atoms. The molecule has 0 aliphatic carbocycles. The van der Waals surface area contributed by atoms with Crippen molar-refractivity contribution in [2.24, 2.45) is 0 Å². The predicted octanol–water partition coefficient (Wildman–Crippen LogP) is 2.41. The van der Waals surface area contributed by atoms with E-state index in [0.29, 0.717) is 0 Å². The number of halogens is 3. The van der Waals surface area contributed by atoms with E-state index in [9.17, 15) is 18.0 Å². The van der Waals surface area contributed by atoms with E-state index in [1.165, 1.54) is 0 Å². The summed E-state index contributed by atoms with van der Waals surface area (Å²) in [5, 5.41) is 3.55. The van der Waals surface area contributed by atoms with Crippen molar-refractivity contribution in [1.29, 1.82) is 0 Å². The third-order valence-corrected chi connectivity index (χ3v) is 1.77. The van der Waals surface area contributed by atoms with E-state index in [0.717, 1.165) is 17.8 Å². The Morgan fingerprint density at radius 2 is 2.06 bits per heavy atom. The SMILES string of the molecule is CC(=O)Oc1cnn(C(C)C)c1C(F)(F)F. The molecule has 1 heterocycles. The predicted molar refractivity (Wildman–Crippen MR) is 48.9 cm³/mol. The molecule has 0 spiro atoms. The van der Waals surface area contributed by atoms with Crippen molar-refractivity contribution in [3.8, 4) is 5.75 Å². The van der Waals surface area contributed by atoms with E-state index in [1.54, 1.807) is 13.8 Å². The highest BCUT2D eigenvalue weighted by Gasteiger charge is 2.40. The fraction of sp³-hybridized carbons (Fsp3) is 0.556. The maximum Gasteiger partial charge on any atom is 0.436 e. The van der Waals surface area contributed by atoms with Gasteiger partial charge in [0.1, 0.15) is 0 Å². The van der Waals surface area contributed by atoms with Crippen LogP contribution in [-0.2, 0) is 11.0 Å². The summed E-state index contributed by atoms with van der Waals surface area (Å²) < 4.78 is 43.3. The van der Waals surface area contributed by atoms with Gasteiger partial charge in [-0.1, -0.05) is 0 Å². The minimum atomic E-state index is -4.61. The largest absolute Gasteiger partial charge is 0.436 e. The number of carbonyl (C=O) groups excluding carboxylic acids is 1. The first-order valence-corrected chi connectivity index (χ1v) is 4.56. The molecule has 0 atom stereocenters. The van der Waals surface area contributed by atoms with Crippen LogP contribution in [0.15, 0.2) is 6.20 Å². The van der Waals surface area contributed by atoms with Gasteiger partial charge in [-0.05, 0) is 13.8 Å². The first-order valence-electron chi connectivity index (χ1n) is 4.56. The maximum atomic E-state index is 12.7. The van der Waals surface area contributed by atoms with Crippen molar-refractivity contribution >= 4 is 5.97 Å². The molecule has 4 nitrogen and oxygen atoms in total. The number of ether oxygens (including phenoxy) is 1. The summed E-state index contributed by atoms with van der Waals surface area (Å²) in [6.07, 6.45) is -3.71. The van der Waals surface area contributed by atoms with Gasteiger partial charge in [-0.15, -0.1) is 0 Å². The van der Waals surface area contributed by atoms with Crippen molar-refractivity contribution in [2.45, 2.75) is 33.0 Å². The average molecular weight is 236 g/mol. The van der Waals surface area contributed by atoms with Crippen LogP contribution in [0.5, 0.6) is 5.75 Å². The van der Waals surface area contributed by atoms with E-state index in [4.69, 9.17) is 0 Å². The van der Waals surface area contributed by atoms with Crippen LogP contribution in [0.1, 0.15) is 32.5 Å².